The number of para-hydroxylation sites is 1. The quantitative estimate of drug-likeness (QED) is 0.662. The zero-order valence-electron chi connectivity index (χ0n) is 13.7. The van der Waals surface area contributed by atoms with Crippen molar-refractivity contribution in [3.8, 4) is 22.8 Å². The molecule has 1 aromatic heterocycles. The number of aryl methyl sites for hydroxylation is 1. The van der Waals surface area contributed by atoms with Gasteiger partial charge in [0, 0.05) is 10.9 Å². The fraction of sp³-hybridized carbons (Fsp3) is 0.211. The highest BCUT2D eigenvalue weighted by Gasteiger charge is 2.15. The summed E-state index contributed by atoms with van der Waals surface area (Å²) in [7, 11) is 3.27. The summed E-state index contributed by atoms with van der Waals surface area (Å²) in [5, 5.41) is 5.91. The molecule has 0 fully saturated rings. The number of fused-ring (bicyclic) bond motifs is 1. The van der Waals surface area contributed by atoms with E-state index in [9.17, 15) is 0 Å². The van der Waals surface area contributed by atoms with Gasteiger partial charge in [-0.3, -0.25) is 4.68 Å². The smallest absolute Gasteiger partial charge is 0.161 e. The van der Waals surface area contributed by atoms with Crippen LogP contribution in [-0.2, 0) is 6.54 Å². The lowest BCUT2D eigenvalue weighted by Crippen LogP contribution is -1.98. The van der Waals surface area contributed by atoms with Crippen molar-refractivity contribution in [2.75, 3.05) is 14.2 Å². The number of hydrogen-bond acceptors (Lipinski definition) is 3. The monoisotopic (exact) mass is 308 g/mol. The number of aromatic nitrogens is 2. The minimum Gasteiger partial charge on any atom is -0.493 e. The molecule has 0 aliphatic rings. The Kier molecular flexibility index (Phi) is 4.06. The van der Waals surface area contributed by atoms with Crippen LogP contribution in [0.3, 0.4) is 0 Å². The Labute approximate surface area is 136 Å². The summed E-state index contributed by atoms with van der Waals surface area (Å²) in [5.41, 5.74) is 4.27. The fourth-order valence-electron chi connectivity index (χ4n) is 2.87. The molecule has 0 atom stereocenters. The lowest BCUT2D eigenvalue weighted by atomic mass is 10.1. The van der Waals surface area contributed by atoms with Gasteiger partial charge in [-0.1, -0.05) is 24.3 Å². The molecule has 23 heavy (non-hydrogen) atoms. The van der Waals surface area contributed by atoms with Crippen LogP contribution < -0.4 is 9.47 Å². The van der Waals surface area contributed by atoms with Gasteiger partial charge in [0.1, 0.15) is 5.69 Å². The Hall–Kier alpha value is -2.75. The van der Waals surface area contributed by atoms with Gasteiger partial charge in [-0.15, -0.1) is 6.58 Å². The first kappa shape index (κ1) is 15.2. The summed E-state index contributed by atoms with van der Waals surface area (Å²) in [4.78, 5) is 0. The third-order valence-electron chi connectivity index (χ3n) is 3.93. The predicted octanol–water partition coefficient (Wildman–Crippen LogP) is 4.21. The van der Waals surface area contributed by atoms with E-state index >= 15 is 0 Å². The van der Waals surface area contributed by atoms with Crippen LogP contribution in [0.15, 0.2) is 49.1 Å². The first-order valence-electron chi connectivity index (χ1n) is 7.49. The van der Waals surface area contributed by atoms with Gasteiger partial charge >= 0.3 is 0 Å². The van der Waals surface area contributed by atoms with E-state index < -0.39 is 0 Å². The van der Waals surface area contributed by atoms with E-state index in [1.54, 1.807) is 14.2 Å². The first-order valence-corrected chi connectivity index (χ1v) is 7.49. The molecule has 0 amide bonds. The van der Waals surface area contributed by atoms with Crippen LogP contribution in [0.2, 0.25) is 0 Å². The summed E-state index contributed by atoms with van der Waals surface area (Å²) in [6.45, 7) is 6.60. The molecule has 3 rings (SSSR count). The van der Waals surface area contributed by atoms with Crippen molar-refractivity contribution in [2.24, 2.45) is 0 Å². The van der Waals surface area contributed by atoms with Gasteiger partial charge in [0.2, 0.25) is 0 Å². The van der Waals surface area contributed by atoms with Gasteiger partial charge in [-0.05, 0) is 30.7 Å². The number of hydrogen-bond donors (Lipinski definition) is 0. The minimum atomic E-state index is 0.675. The zero-order chi connectivity index (χ0) is 16.4. The van der Waals surface area contributed by atoms with E-state index in [0.29, 0.717) is 18.0 Å². The SMILES string of the molecule is C=CCn1nc(-c2ccc(OC)c(OC)c2)c2cccc(C)c21. The van der Waals surface area contributed by atoms with Crippen LogP contribution in [0.1, 0.15) is 5.56 Å². The second-order valence-electron chi connectivity index (χ2n) is 5.36. The molecule has 0 N–H and O–H groups in total. The van der Waals surface area contributed by atoms with E-state index in [-0.39, 0.29) is 0 Å². The molecule has 0 saturated heterocycles. The first-order chi connectivity index (χ1) is 11.2. The molecule has 0 bridgehead atoms. The Morgan fingerprint density at radius 3 is 2.61 bits per heavy atom. The molecule has 118 valence electrons. The molecule has 0 spiro atoms. The van der Waals surface area contributed by atoms with Gasteiger partial charge < -0.3 is 9.47 Å². The molecule has 2 aromatic carbocycles. The van der Waals surface area contributed by atoms with E-state index in [2.05, 4.69) is 31.7 Å². The number of methoxy groups -OCH3 is 2. The lowest BCUT2D eigenvalue weighted by Gasteiger charge is -2.08. The molecule has 0 saturated carbocycles. The molecule has 0 aliphatic carbocycles. The van der Waals surface area contributed by atoms with Crippen molar-refractivity contribution < 1.29 is 9.47 Å². The highest BCUT2D eigenvalue weighted by molar-refractivity contribution is 5.95. The van der Waals surface area contributed by atoms with E-state index in [1.807, 2.05) is 29.0 Å². The second kappa shape index (κ2) is 6.16. The van der Waals surface area contributed by atoms with Crippen LogP contribution in [0.25, 0.3) is 22.2 Å². The molecule has 1 heterocycles. The maximum absolute atomic E-state index is 5.41. The minimum absolute atomic E-state index is 0.675. The van der Waals surface area contributed by atoms with Gasteiger partial charge in [-0.2, -0.15) is 5.10 Å². The highest BCUT2D eigenvalue weighted by Crippen LogP contribution is 2.35. The molecule has 4 heteroatoms. The third-order valence-corrected chi connectivity index (χ3v) is 3.93. The molecule has 0 unspecified atom stereocenters. The van der Waals surface area contributed by atoms with E-state index in [1.165, 1.54) is 5.56 Å². The maximum atomic E-state index is 5.41. The van der Waals surface area contributed by atoms with Crippen molar-refractivity contribution in [1.82, 2.24) is 9.78 Å². The van der Waals surface area contributed by atoms with E-state index in [4.69, 9.17) is 14.6 Å². The van der Waals surface area contributed by atoms with Gasteiger partial charge in [0.05, 0.1) is 26.3 Å². The molecule has 0 aliphatic heterocycles. The van der Waals surface area contributed by atoms with Gasteiger partial charge in [0.15, 0.2) is 11.5 Å². The summed E-state index contributed by atoms with van der Waals surface area (Å²) >= 11 is 0. The topological polar surface area (TPSA) is 36.3 Å². The van der Waals surface area contributed by atoms with Crippen LogP contribution >= 0.6 is 0 Å². The number of rotatable bonds is 5. The largest absolute Gasteiger partial charge is 0.493 e. The standard InChI is InChI=1S/C19H20N2O2/c1-5-11-21-19-13(2)7-6-8-15(19)18(20-21)14-9-10-16(22-3)17(12-14)23-4/h5-10,12H,1,11H2,2-4H3. The van der Waals surface area contributed by atoms with Crippen LogP contribution in [-0.4, -0.2) is 24.0 Å². The molecular weight excluding hydrogens is 288 g/mol. The van der Waals surface area contributed by atoms with E-state index in [0.717, 1.165) is 22.2 Å². The molecule has 0 radical (unpaired) electrons. The number of benzene rings is 2. The Bertz CT molecular complexity index is 865. The molecule has 3 aromatic rings. The summed E-state index contributed by atoms with van der Waals surface area (Å²) in [6, 6.07) is 12.1. The average Bonchev–Trinajstić information content (AvgIpc) is 2.94. The third kappa shape index (κ3) is 2.57. The summed E-state index contributed by atoms with van der Waals surface area (Å²) in [6.07, 6.45) is 1.86. The highest BCUT2D eigenvalue weighted by atomic mass is 16.5. The van der Waals surface area contributed by atoms with Crippen molar-refractivity contribution in [3.63, 3.8) is 0 Å². The fourth-order valence-corrected chi connectivity index (χ4v) is 2.87. The van der Waals surface area contributed by atoms with Gasteiger partial charge in [-0.25, -0.2) is 0 Å². The Balaban J connectivity index is 2.24. The normalized spacial score (nSPS) is 10.7. The molecular formula is C19H20N2O2. The average molecular weight is 308 g/mol. The van der Waals surface area contributed by atoms with Crippen LogP contribution in [0.5, 0.6) is 11.5 Å². The number of nitrogens with zero attached hydrogens (tertiary/aromatic N) is 2. The van der Waals surface area contributed by atoms with Crippen molar-refractivity contribution in [1.29, 1.82) is 0 Å². The summed E-state index contributed by atoms with van der Waals surface area (Å²) < 4.78 is 12.7. The molecule has 4 nitrogen and oxygen atoms in total. The lowest BCUT2D eigenvalue weighted by molar-refractivity contribution is 0.355. The van der Waals surface area contributed by atoms with Crippen molar-refractivity contribution in [3.05, 3.63) is 54.6 Å². The number of allylic oxidation sites excluding steroid dienone is 1. The predicted molar refractivity (Wildman–Crippen MR) is 93.2 cm³/mol. The van der Waals surface area contributed by atoms with Crippen LogP contribution in [0.4, 0.5) is 0 Å². The second-order valence-corrected chi connectivity index (χ2v) is 5.36. The Morgan fingerprint density at radius 2 is 1.91 bits per heavy atom. The van der Waals surface area contributed by atoms with Crippen molar-refractivity contribution in [2.45, 2.75) is 13.5 Å². The summed E-state index contributed by atoms with van der Waals surface area (Å²) in [5.74, 6) is 1.41. The van der Waals surface area contributed by atoms with Crippen molar-refractivity contribution >= 4 is 10.9 Å². The van der Waals surface area contributed by atoms with Crippen LogP contribution in [0, 0.1) is 6.92 Å². The maximum Gasteiger partial charge on any atom is 0.161 e. The zero-order valence-corrected chi connectivity index (χ0v) is 13.7. The van der Waals surface area contributed by atoms with Gasteiger partial charge in [0.25, 0.3) is 0 Å². The number of ether oxygens (including phenoxy) is 2. The Morgan fingerprint density at radius 1 is 1.13 bits per heavy atom.